The summed E-state index contributed by atoms with van der Waals surface area (Å²) in [7, 11) is 0. The summed E-state index contributed by atoms with van der Waals surface area (Å²) in [6.07, 6.45) is 0. The Labute approximate surface area is 85.7 Å². The molecule has 1 unspecified atom stereocenters. The fourth-order valence-electron chi connectivity index (χ4n) is 1.70. The Morgan fingerprint density at radius 3 is 2.64 bits per heavy atom. The molecule has 1 aromatic carbocycles. The zero-order valence-corrected chi connectivity index (χ0v) is 8.66. The summed E-state index contributed by atoms with van der Waals surface area (Å²) >= 11 is 0. The van der Waals surface area contributed by atoms with E-state index in [1.807, 2.05) is 0 Å². The molecule has 2 rings (SSSR count). The Morgan fingerprint density at radius 1 is 1.36 bits per heavy atom. The lowest BCUT2D eigenvalue weighted by Crippen LogP contribution is -2.47. The fourth-order valence-corrected chi connectivity index (χ4v) is 1.70. The minimum atomic E-state index is 0.469. The van der Waals surface area contributed by atoms with Crippen LogP contribution in [0.4, 0.5) is 0 Å². The number of hydrogen-bond acceptors (Lipinski definition) is 2. The molecule has 0 aliphatic carbocycles. The van der Waals surface area contributed by atoms with Crippen LogP contribution in [0.1, 0.15) is 18.5 Å². The molecule has 1 saturated heterocycles. The van der Waals surface area contributed by atoms with Crippen LogP contribution in [0.15, 0.2) is 30.3 Å². The maximum Gasteiger partial charge on any atom is 0.0291 e. The van der Waals surface area contributed by atoms with E-state index in [4.69, 9.17) is 0 Å². The predicted molar refractivity (Wildman–Crippen MR) is 59.2 cm³/mol. The predicted octanol–water partition coefficient (Wildman–Crippen LogP) is 1.56. The molecule has 2 nitrogen and oxygen atoms in total. The summed E-state index contributed by atoms with van der Waals surface area (Å²) in [5.74, 6) is 0.834. The molecule has 2 heteroatoms. The van der Waals surface area contributed by atoms with E-state index in [1.165, 1.54) is 18.7 Å². The van der Waals surface area contributed by atoms with E-state index in [0.29, 0.717) is 6.04 Å². The molecule has 1 aromatic rings. The zero-order valence-electron chi connectivity index (χ0n) is 8.66. The van der Waals surface area contributed by atoms with Crippen LogP contribution in [0.25, 0.3) is 0 Å². The highest BCUT2D eigenvalue weighted by atomic mass is 15.0. The topological polar surface area (TPSA) is 24.1 Å². The van der Waals surface area contributed by atoms with Crippen LogP contribution in [0.3, 0.4) is 0 Å². The lowest BCUT2D eigenvalue weighted by molar-refractivity contribution is 0.321. The molecule has 2 N–H and O–H groups in total. The summed E-state index contributed by atoms with van der Waals surface area (Å²) in [6.45, 7) is 5.70. The highest BCUT2D eigenvalue weighted by Crippen LogP contribution is 2.12. The van der Waals surface area contributed by atoms with Crippen LogP contribution >= 0.6 is 0 Å². The third-order valence-corrected chi connectivity index (χ3v) is 2.88. The Hall–Kier alpha value is -0.860. The molecule has 14 heavy (non-hydrogen) atoms. The number of hydrogen-bond donors (Lipinski definition) is 2. The normalized spacial score (nSPS) is 18.9. The van der Waals surface area contributed by atoms with Gasteiger partial charge in [-0.25, -0.2) is 0 Å². The number of rotatable bonds is 4. The van der Waals surface area contributed by atoms with Crippen molar-refractivity contribution in [2.45, 2.75) is 13.0 Å². The van der Waals surface area contributed by atoms with Crippen molar-refractivity contribution in [2.24, 2.45) is 5.92 Å². The van der Waals surface area contributed by atoms with Crippen molar-refractivity contribution in [1.29, 1.82) is 0 Å². The van der Waals surface area contributed by atoms with E-state index in [-0.39, 0.29) is 0 Å². The van der Waals surface area contributed by atoms with Crippen molar-refractivity contribution < 1.29 is 0 Å². The second kappa shape index (κ2) is 4.58. The molecule has 1 atom stereocenters. The summed E-state index contributed by atoms with van der Waals surface area (Å²) < 4.78 is 0. The molecular weight excluding hydrogens is 172 g/mol. The lowest BCUT2D eigenvalue weighted by Gasteiger charge is -2.28. The summed E-state index contributed by atoms with van der Waals surface area (Å²) in [4.78, 5) is 0. The van der Waals surface area contributed by atoms with Crippen LogP contribution in [0, 0.1) is 5.92 Å². The molecule has 0 radical (unpaired) electrons. The van der Waals surface area contributed by atoms with Gasteiger partial charge in [0.1, 0.15) is 0 Å². The quantitative estimate of drug-likeness (QED) is 0.753. The third-order valence-electron chi connectivity index (χ3n) is 2.88. The average Bonchev–Trinajstić information content (AvgIpc) is 2.16. The van der Waals surface area contributed by atoms with Gasteiger partial charge in [0.25, 0.3) is 0 Å². The molecule has 0 aromatic heterocycles. The Morgan fingerprint density at radius 2 is 2.07 bits per heavy atom. The van der Waals surface area contributed by atoms with Gasteiger partial charge in [-0.05, 0) is 18.4 Å². The molecule has 1 aliphatic heterocycles. The van der Waals surface area contributed by atoms with Crippen LogP contribution in [-0.4, -0.2) is 19.6 Å². The van der Waals surface area contributed by atoms with E-state index in [9.17, 15) is 0 Å². The highest BCUT2D eigenvalue weighted by Gasteiger charge is 2.16. The maximum absolute atomic E-state index is 3.56. The first kappa shape index (κ1) is 9.69. The average molecular weight is 190 g/mol. The summed E-state index contributed by atoms with van der Waals surface area (Å²) in [6, 6.07) is 11.1. The van der Waals surface area contributed by atoms with Gasteiger partial charge in [-0.2, -0.15) is 0 Å². The fraction of sp³-hybridized carbons (Fsp3) is 0.500. The minimum Gasteiger partial charge on any atom is -0.316 e. The molecule has 1 heterocycles. The van der Waals surface area contributed by atoms with Crippen molar-refractivity contribution in [3.05, 3.63) is 35.9 Å². The van der Waals surface area contributed by atoms with Gasteiger partial charge >= 0.3 is 0 Å². The van der Waals surface area contributed by atoms with Crippen LogP contribution < -0.4 is 10.6 Å². The maximum atomic E-state index is 3.56. The lowest BCUT2D eigenvalue weighted by atomic mass is 10.0. The minimum absolute atomic E-state index is 0.469. The van der Waals surface area contributed by atoms with E-state index < -0.39 is 0 Å². The molecule has 1 fully saturated rings. The second-order valence-electron chi connectivity index (χ2n) is 4.06. The van der Waals surface area contributed by atoms with Crippen molar-refractivity contribution in [3.63, 3.8) is 0 Å². The second-order valence-corrected chi connectivity index (χ2v) is 4.06. The van der Waals surface area contributed by atoms with E-state index in [0.717, 1.165) is 12.5 Å². The molecule has 0 amide bonds. The van der Waals surface area contributed by atoms with Gasteiger partial charge in [-0.15, -0.1) is 0 Å². The van der Waals surface area contributed by atoms with Crippen molar-refractivity contribution in [2.75, 3.05) is 19.6 Å². The van der Waals surface area contributed by atoms with Gasteiger partial charge < -0.3 is 10.6 Å². The first-order chi connectivity index (χ1) is 6.86. The Bertz CT molecular complexity index is 267. The highest BCUT2D eigenvalue weighted by molar-refractivity contribution is 5.18. The Balaban J connectivity index is 1.80. The standard InChI is InChI=1S/C12H18N2/c1-10(12-5-3-2-4-6-12)14-9-11-7-13-8-11/h2-6,10-11,13-14H,7-9H2,1H3. The van der Waals surface area contributed by atoms with Crippen LogP contribution in [0.5, 0.6) is 0 Å². The largest absolute Gasteiger partial charge is 0.316 e. The summed E-state index contributed by atoms with van der Waals surface area (Å²) in [5.41, 5.74) is 1.37. The molecule has 76 valence electrons. The van der Waals surface area contributed by atoms with Gasteiger partial charge in [0.15, 0.2) is 0 Å². The first-order valence-electron chi connectivity index (χ1n) is 5.35. The summed E-state index contributed by atoms with van der Waals surface area (Å²) in [5, 5.41) is 6.85. The Kier molecular flexibility index (Phi) is 3.17. The van der Waals surface area contributed by atoms with Crippen LogP contribution in [-0.2, 0) is 0 Å². The molecular formula is C12H18N2. The van der Waals surface area contributed by atoms with Gasteiger partial charge in [-0.3, -0.25) is 0 Å². The number of benzene rings is 1. The zero-order chi connectivity index (χ0) is 9.80. The van der Waals surface area contributed by atoms with Gasteiger partial charge in [0.2, 0.25) is 0 Å². The number of nitrogens with one attached hydrogen (secondary N) is 2. The molecule has 0 saturated carbocycles. The first-order valence-corrected chi connectivity index (χ1v) is 5.35. The van der Waals surface area contributed by atoms with Crippen molar-refractivity contribution >= 4 is 0 Å². The van der Waals surface area contributed by atoms with Gasteiger partial charge in [0, 0.05) is 25.7 Å². The van der Waals surface area contributed by atoms with Crippen molar-refractivity contribution in [3.8, 4) is 0 Å². The van der Waals surface area contributed by atoms with Gasteiger partial charge in [0.05, 0.1) is 0 Å². The van der Waals surface area contributed by atoms with Gasteiger partial charge in [-0.1, -0.05) is 30.3 Å². The van der Waals surface area contributed by atoms with Crippen LogP contribution in [0.2, 0.25) is 0 Å². The smallest absolute Gasteiger partial charge is 0.0291 e. The monoisotopic (exact) mass is 190 g/mol. The molecule has 0 spiro atoms. The molecule has 1 aliphatic rings. The van der Waals surface area contributed by atoms with E-state index >= 15 is 0 Å². The third kappa shape index (κ3) is 2.34. The SMILES string of the molecule is CC(NCC1CNC1)c1ccccc1. The van der Waals surface area contributed by atoms with Crippen molar-refractivity contribution in [1.82, 2.24) is 10.6 Å². The van der Waals surface area contributed by atoms with E-state index in [1.54, 1.807) is 0 Å². The van der Waals surface area contributed by atoms with E-state index in [2.05, 4.69) is 47.9 Å². The molecule has 0 bridgehead atoms.